The van der Waals surface area contributed by atoms with Crippen LogP contribution in [0, 0.1) is 6.92 Å². The van der Waals surface area contributed by atoms with Crippen molar-refractivity contribution in [1.29, 1.82) is 0 Å². The first-order valence-electron chi connectivity index (χ1n) is 9.31. The van der Waals surface area contributed by atoms with E-state index in [1.165, 1.54) is 19.3 Å². The molecular formula is C22H23N5O2. The van der Waals surface area contributed by atoms with Crippen molar-refractivity contribution in [3.05, 3.63) is 72.2 Å². The van der Waals surface area contributed by atoms with E-state index < -0.39 is 0 Å². The number of hydrogen-bond donors (Lipinski definition) is 2. The SMILES string of the molecule is CCN(C(=O)c1cnc(Nc2ccc(NC(C)=O)cc2)cn1)c1cccc(C)c1. The topological polar surface area (TPSA) is 87.2 Å². The molecule has 0 aliphatic carbocycles. The second kappa shape index (κ2) is 8.97. The lowest BCUT2D eigenvalue weighted by Crippen LogP contribution is -2.31. The van der Waals surface area contributed by atoms with Crippen molar-refractivity contribution in [3.63, 3.8) is 0 Å². The second-order valence-corrected chi connectivity index (χ2v) is 6.56. The standard InChI is InChI=1S/C22H23N5O2/c1-4-27(19-7-5-6-15(2)12-19)22(29)20-13-24-21(14-23-20)26-18-10-8-17(9-11-18)25-16(3)28/h5-14H,4H2,1-3H3,(H,24,26)(H,25,28). The summed E-state index contributed by atoms with van der Waals surface area (Å²) in [6.45, 7) is 5.91. The van der Waals surface area contributed by atoms with Crippen LogP contribution in [0.15, 0.2) is 60.9 Å². The molecule has 148 valence electrons. The Balaban J connectivity index is 1.70. The molecule has 7 nitrogen and oxygen atoms in total. The van der Waals surface area contributed by atoms with Gasteiger partial charge in [0.15, 0.2) is 0 Å². The summed E-state index contributed by atoms with van der Waals surface area (Å²) in [6.07, 6.45) is 2.99. The third kappa shape index (κ3) is 5.16. The van der Waals surface area contributed by atoms with E-state index >= 15 is 0 Å². The third-order valence-corrected chi connectivity index (χ3v) is 4.22. The minimum Gasteiger partial charge on any atom is -0.339 e. The van der Waals surface area contributed by atoms with Crippen molar-refractivity contribution in [2.24, 2.45) is 0 Å². The summed E-state index contributed by atoms with van der Waals surface area (Å²) in [5, 5.41) is 5.83. The van der Waals surface area contributed by atoms with Gasteiger partial charge in [-0.3, -0.25) is 9.59 Å². The number of hydrogen-bond acceptors (Lipinski definition) is 5. The van der Waals surface area contributed by atoms with Gasteiger partial charge < -0.3 is 15.5 Å². The molecule has 0 aliphatic heterocycles. The average molecular weight is 389 g/mol. The van der Waals surface area contributed by atoms with Crippen LogP contribution in [0.5, 0.6) is 0 Å². The normalized spacial score (nSPS) is 10.3. The van der Waals surface area contributed by atoms with Crippen LogP contribution in [0.25, 0.3) is 0 Å². The fourth-order valence-corrected chi connectivity index (χ4v) is 2.87. The average Bonchev–Trinajstić information content (AvgIpc) is 2.70. The molecule has 2 aromatic carbocycles. The largest absolute Gasteiger partial charge is 0.339 e. The van der Waals surface area contributed by atoms with Crippen molar-refractivity contribution < 1.29 is 9.59 Å². The van der Waals surface area contributed by atoms with Crippen LogP contribution in [0.2, 0.25) is 0 Å². The van der Waals surface area contributed by atoms with Gasteiger partial charge in [-0.2, -0.15) is 0 Å². The molecule has 0 atom stereocenters. The second-order valence-electron chi connectivity index (χ2n) is 6.56. The molecule has 0 saturated heterocycles. The molecule has 3 rings (SSSR count). The summed E-state index contributed by atoms with van der Waals surface area (Å²) in [6, 6.07) is 15.0. The lowest BCUT2D eigenvalue weighted by molar-refractivity contribution is -0.114. The van der Waals surface area contributed by atoms with Gasteiger partial charge in [-0.25, -0.2) is 9.97 Å². The first kappa shape index (κ1) is 20.0. The molecule has 0 saturated carbocycles. The summed E-state index contributed by atoms with van der Waals surface area (Å²) in [4.78, 5) is 34.2. The van der Waals surface area contributed by atoms with Gasteiger partial charge in [0.05, 0.1) is 12.4 Å². The van der Waals surface area contributed by atoms with Crippen molar-refractivity contribution in [2.45, 2.75) is 20.8 Å². The quantitative estimate of drug-likeness (QED) is 0.661. The summed E-state index contributed by atoms with van der Waals surface area (Å²) < 4.78 is 0. The zero-order valence-corrected chi connectivity index (χ0v) is 16.6. The molecule has 0 fully saturated rings. The first-order valence-corrected chi connectivity index (χ1v) is 9.31. The molecule has 0 spiro atoms. The maximum absolute atomic E-state index is 12.9. The molecule has 2 N–H and O–H groups in total. The lowest BCUT2D eigenvalue weighted by atomic mass is 10.2. The zero-order chi connectivity index (χ0) is 20.8. The maximum atomic E-state index is 12.9. The monoisotopic (exact) mass is 389 g/mol. The number of aryl methyl sites for hydroxylation is 1. The Bertz CT molecular complexity index is 1000. The van der Waals surface area contributed by atoms with Crippen molar-refractivity contribution in [3.8, 4) is 0 Å². The molecule has 0 radical (unpaired) electrons. The predicted molar refractivity (Wildman–Crippen MR) is 115 cm³/mol. The number of carbonyl (C=O) groups excluding carboxylic acids is 2. The fraction of sp³-hybridized carbons (Fsp3) is 0.182. The van der Waals surface area contributed by atoms with Crippen LogP contribution in [0.4, 0.5) is 22.9 Å². The lowest BCUT2D eigenvalue weighted by Gasteiger charge is -2.21. The van der Waals surface area contributed by atoms with Gasteiger partial charge in [0.2, 0.25) is 5.91 Å². The fourth-order valence-electron chi connectivity index (χ4n) is 2.87. The zero-order valence-electron chi connectivity index (χ0n) is 16.6. The van der Waals surface area contributed by atoms with Gasteiger partial charge in [-0.15, -0.1) is 0 Å². The highest BCUT2D eigenvalue weighted by atomic mass is 16.2. The Kier molecular flexibility index (Phi) is 6.19. The van der Waals surface area contributed by atoms with E-state index in [-0.39, 0.29) is 17.5 Å². The number of rotatable bonds is 6. The van der Waals surface area contributed by atoms with Crippen LogP contribution in [-0.4, -0.2) is 28.3 Å². The summed E-state index contributed by atoms with van der Waals surface area (Å²) in [5.74, 6) is 0.202. The van der Waals surface area contributed by atoms with Crippen LogP contribution in [-0.2, 0) is 4.79 Å². The summed E-state index contributed by atoms with van der Waals surface area (Å²) in [5.41, 5.74) is 3.71. The Morgan fingerprint density at radius 1 is 1.00 bits per heavy atom. The Labute approximate surface area is 169 Å². The Morgan fingerprint density at radius 2 is 1.72 bits per heavy atom. The number of nitrogens with zero attached hydrogens (tertiary/aromatic N) is 3. The van der Waals surface area contributed by atoms with Gasteiger partial charge in [0, 0.05) is 30.5 Å². The minimum atomic E-state index is -0.197. The minimum absolute atomic E-state index is 0.122. The molecule has 1 heterocycles. The van der Waals surface area contributed by atoms with E-state index in [1.807, 2.05) is 50.2 Å². The molecule has 29 heavy (non-hydrogen) atoms. The number of aromatic nitrogens is 2. The van der Waals surface area contributed by atoms with E-state index in [0.717, 1.165) is 16.9 Å². The maximum Gasteiger partial charge on any atom is 0.278 e. The third-order valence-electron chi connectivity index (χ3n) is 4.22. The molecule has 2 amide bonds. The van der Waals surface area contributed by atoms with E-state index in [9.17, 15) is 9.59 Å². The number of amides is 2. The molecule has 1 aromatic heterocycles. The van der Waals surface area contributed by atoms with Crippen LogP contribution < -0.4 is 15.5 Å². The molecule has 7 heteroatoms. The van der Waals surface area contributed by atoms with Gasteiger partial charge in [0.25, 0.3) is 5.91 Å². The van der Waals surface area contributed by atoms with Crippen LogP contribution in [0.1, 0.15) is 29.9 Å². The number of anilines is 4. The Hall–Kier alpha value is -3.74. The summed E-state index contributed by atoms with van der Waals surface area (Å²) in [7, 11) is 0. The van der Waals surface area contributed by atoms with Crippen molar-refractivity contribution in [1.82, 2.24) is 9.97 Å². The molecule has 3 aromatic rings. The van der Waals surface area contributed by atoms with Gasteiger partial charge in [-0.1, -0.05) is 12.1 Å². The molecule has 0 bridgehead atoms. The van der Waals surface area contributed by atoms with Crippen LogP contribution in [0.3, 0.4) is 0 Å². The van der Waals surface area contributed by atoms with Crippen LogP contribution >= 0.6 is 0 Å². The molecule has 0 aliphatic rings. The predicted octanol–water partition coefficient (Wildman–Crippen LogP) is 4.15. The van der Waals surface area contributed by atoms with E-state index in [0.29, 0.717) is 18.1 Å². The summed E-state index contributed by atoms with van der Waals surface area (Å²) >= 11 is 0. The number of nitrogens with one attached hydrogen (secondary N) is 2. The van der Waals surface area contributed by atoms with E-state index in [1.54, 1.807) is 17.0 Å². The van der Waals surface area contributed by atoms with Gasteiger partial charge in [0.1, 0.15) is 11.5 Å². The smallest absolute Gasteiger partial charge is 0.278 e. The number of carbonyl (C=O) groups is 2. The highest BCUT2D eigenvalue weighted by Gasteiger charge is 2.18. The van der Waals surface area contributed by atoms with Crippen molar-refractivity contribution in [2.75, 3.05) is 22.1 Å². The van der Waals surface area contributed by atoms with Gasteiger partial charge >= 0.3 is 0 Å². The Morgan fingerprint density at radius 3 is 2.31 bits per heavy atom. The van der Waals surface area contributed by atoms with E-state index in [4.69, 9.17) is 0 Å². The first-order chi connectivity index (χ1) is 14.0. The highest BCUT2D eigenvalue weighted by Crippen LogP contribution is 2.19. The van der Waals surface area contributed by atoms with Crippen molar-refractivity contribution >= 4 is 34.7 Å². The van der Waals surface area contributed by atoms with E-state index in [2.05, 4.69) is 20.6 Å². The van der Waals surface area contributed by atoms with Gasteiger partial charge in [-0.05, 0) is 55.8 Å². The molecule has 0 unspecified atom stereocenters. The number of benzene rings is 2. The molecular weight excluding hydrogens is 366 g/mol. The highest BCUT2D eigenvalue weighted by molar-refractivity contribution is 6.04.